The zero-order valence-electron chi connectivity index (χ0n) is 25.7. The van der Waals surface area contributed by atoms with E-state index in [0.717, 1.165) is 32.1 Å². The van der Waals surface area contributed by atoms with Crippen LogP contribution < -0.4 is 20.1 Å². The zero-order valence-corrected chi connectivity index (χ0v) is 25.7. The molecule has 4 rings (SSSR count). The topological polar surface area (TPSA) is 138 Å². The quantitative estimate of drug-likeness (QED) is 0.267. The molecule has 0 spiro atoms. The Kier molecular flexibility index (Phi) is 10.7. The van der Waals surface area contributed by atoms with Crippen LogP contribution >= 0.6 is 0 Å². The average molecular weight is 622 g/mol. The van der Waals surface area contributed by atoms with Crippen molar-refractivity contribution >= 4 is 18.0 Å². The molecule has 44 heavy (non-hydrogen) atoms. The van der Waals surface area contributed by atoms with Gasteiger partial charge < -0.3 is 34.0 Å². The standard InChI is InChI=1S/C31H41F2N3O8/c1-17(35-30(39)44-31(3,4)5)26-25(27(38)34-15-21-8-6-7-9-22(21)41-18(2)37)36-28(43-26)20-12-13-23(42-29(32)33)24(14-20)40-16-19-10-11-19/h12-14,17,19,21-22,29H,6-11,15-16H2,1-5H3,(H,34,38)(H,35,39)/t17?,21-,22?/m0/s1. The lowest BCUT2D eigenvalue weighted by molar-refractivity contribution is -0.150. The van der Waals surface area contributed by atoms with Gasteiger partial charge in [-0.05, 0) is 83.9 Å². The molecule has 0 radical (unpaired) electrons. The molecule has 11 nitrogen and oxygen atoms in total. The first kappa shape index (κ1) is 33.0. The molecule has 2 aromatic rings. The molecule has 1 aromatic carbocycles. The first-order valence-electron chi connectivity index (χ1n) is 15.0. The normalized spacial score (nSPS) is 19.2. The zero-order chi connectivity index (χ0) is 32.0. The number of amides is 2. The number of nitrogens with one attached hydrogen (secondary N) is 2. The van der Waals surface area contributed by atoms with Crippen LogP contribution in [0.3, 0.4) is 0 Å². The molecule has 1 heterocycles. The summed E-state index contributed by atoms with van der Waals surface area (Å²) >= 11 is 0. The van der Waals surface area contributed by atoms with Gasteiger partial charge >= 0.3 is 18.7 Å². The number of halogens is 2. The van der Waals surface area contributed by atoms with Crippen LogP contribution in [0.4, 0.5) is 13.6 Å². The lowest BCUT2D eigenvalue weighted by Gasteiger charge is -2.30. The first-order chi connectivity index (χ1) is 20.8. The number of oxazole rings is 1. The van der Waals surface area contributed by atoms with Crippen LogP contribution in [-0.2, 0) is 14.3 Å². The number of rotatable bonds is 12. The van der Waals surface area contributed by atoms with Crippen molar-refractivity contribution in [3.8, 4) is 23.0 Å². The second-order valence-corrected chi connectivity index (χ2v) is 12.3. The van der Waals surface area contributed by atoms with Crippen LogP contribution in [0, 0.1) is 11.8 Å². The van der Waals surface area contributed by atoms with Gasteiger partial charge in [0.15, 0.2) is 23.0 Å². The predicted molar refractivity (Wildman–Crippen MR) is 154 cm³/mol. The van der Waals surface area contributed by atoms with Crippen LogP contribution in [0.15, 0.2) is 22.6 Å². The molecule has 2 N–H and O–H groups in total. The van der Waals surface area contributed by atoms with Gasteiger partial charge in [-0.15, -0.1) is 0 Å². The van der Waals surface area contributed by atoms with Gasteiger partial charge in [0, 0.05) is 24.9 Å². The van der Waals surface area contributed by atoms with Gasteiger partial charge in [0.25, 0.3) is 5.91 Å². The van der Waals surface area contributed by atoms with Crippen LogP contribution in [0.5, 0.6) is 11.5 Å². The smallest absolute Gasteiger partial charge is 0.408 e. The van der Waals surface area contributed by atoms with Crippen molar-refractivity contribution in [1.29, 1.82) is 0 Å². The summed E-state index contributed by atoms with van der Waals surface area (Å²) in [6, 6.07) is 3.43. The minimum Gasteiger partial charge on any atom is -0.489 e. The van der Waals surface area contributed by atoms with Crippen LogP contribution in [0.2, 0.25) is 0 Å². The molecule has 2 aliphatic carbocycles. The number of nitrogens with zero attached hydrogens (tertiary/aromatic N) is 1. The van der Waals surface area contributed by atoms with E-state index in [2.05, 4.69) is 20.4 Å². The minimum atomic E-state index is -3.04. The highest BCUT2D eigenvalue weighted by Crippen LogP contribution is 2.37. The largest absolute Gasteiger partial charge is 0.489 e. The minimum absolute atomic E-state index is 0.0123. The molecule has 2 saturated carbocycles. The second kappa shape index (κ2) is 14.3. The molecule has 2 amide bonds. The van der Waals surface area contributed by atoms with Crippen molar-refractivity contribution in [2.75, 3.05) is 13.2 Å². The molecule has 2 fully saturated rings. The number of carbonyl (C=O) groups is 3. The van der Waals surface area contributed by atoms with E-state index in [1.54, 1.807) is 27.7 Å². The van der Waals surface area contributed by atoms with E-state index in [0.29, 0.717) is 24.5 Å². The van der Waals surface area contributed by atoms with Gasteiger partial charge in [-0.1, -0.05) is 6.42 Å². The third-order valence-electron chi connectivity index (χ3n) is 7.25. The van der Waals surface area contributed by atoms with Gasteiger partial charge in [0.2, 0.25) is 5.89 Å². The van der Waals surface area contributed by atoms with Crippen molar-refractivity contribution in [2.45, 2.75) is 97.5 Å². The van der Waals surface area contributed by atoms with E-state index in [-0.39, 0.29) is 53.4 Å². The Bertz CT molecular complexity index is 1320. The summed E-state index contributed by atoms with van der Waals surface area (Å²) in [6.45, 7) is 5.69. The Labute approximate surface area is 255 Å². The Morgan fingerprint density at radius 2 is 1.82 bits per heavy atom. The maximum atomic E-state index is 13.5. The summed E-state index contributed by atoms with van der Waals surface area (Å²) in [6.07, 6.45) is 4.35. The van der Waals surface area contributed by atoms with E-state index in [1.165, 1.54) is 25.1 Å². The number of alkyl halides is 2. The Morgan fingerprint density at radius 3 is 2.48 bits per heavy atom. The maximum absolute atomic E-state index is 13.5. The summed E-state index contributed by atoms with van der Waals surface area (Å²) in [5.74, 6) is -0.608. The predicted octanol–water partition coefficient (Wildman–Crippen LogP) is 6.17. The fourth-order valence-electron chi connectivity index (χ4n) is 4.98. The van der Waals surface area contributed by atoms with Crippen molar-refractivity contribution in [1.82, 2.24) is 15.6 Å². The van der Waals surface area contributed by atoms with E-state index in [4.69, 9.17) is 18.6 Å². The summed E-state index contributed by atoms with van der Waals surface area (Å²) in [4.78, 5) is 42.1. The van der Waals surface area contributed by atoms with Crippen molar-refractivity contribution in [3.63, 3.8) is 0 Å². The molecular weight excluding hydrogens is 580 g/mol. The molecule has 0 aliphatic heterocycles. The molecular formula is C31H41F2N3O8. The maximum Gasteiger partial charge on any atom is 0.408 e. The summed E-state index contributed by atoms with van der Waals surface area (Å²) < 4.78 is 53.4. The van der Waals surface area contributed by atoms with Gasteiger partial charge in [0.05, 0.1) is 12.6 Å². The van der Waals surface area contributed by atoms with E-state index < -0.39 is 30.3 Å². The number of hydrogen-bond acceptors (Lipinski definition) is 9. The Hall–Kier alpha value is -3.90. The molecule has 0 saturated heterocycles. The Balaban J connectivity index is 1.61. The van der Waals surface area contributed by atoms with Gasteiger partial charge in [-0.3, -0.25) is 9.59 Å². The number of esters is 1. The number of alkyl carbamates (subject to hydrolysis) is 1. The number of ether oxygens (including phenoxy) is 4. The molecule has 13 heteroatoms. The summed E-state index contributed by atoms with van der Waals surface area (Å²) in [5, 5.41) is 5.55. The lowest BCUT2D eigenvalue weighted by Crippen LogP contribution is -2.39. The highest BCUT2D eigenvalue weighted by Gasteiger charge is 2.31. The lowest BCUT2D eigenvalue weighted by atomic mass is 9.86. The van der Waals surface area contributed by atoms with E-state index >= 15 is 0 Å². The highest BCUT2D eigenvalue weighted by molar-refractivity contribution is 5.94. The molecule has 242 valence electrons. The number of carbonyl (C=O) groups excluding carboxylic acids is 3. The Morgan fingerprint density at radius 1 is 1.09 bits per heavy atom. The van der Waals surface area contributed by atoms with Crippen LogP contribution in [0.25, 0.3) is 11.5 Å². The fraction of sp³-hybridized carbons (Fsp3) is 0.613. The molecule has 2 aliphatic rings. The average Bonchev–Trinajstić information content (AvgIpc) is 3.65. The third-order valence-corrected chi connectivity index (χ3v) is 7.25. The number of aromatic nitrogens is 1. The molecule has 2 unspecified atom stereocenters. The van der Waals surface area contributed by atoms with Crippen LogP contribution in [-0.4, -0.2) is 54.4 Å². The second-order valence-electron chi connectivity index (χ2n) is 12.3. The van der Waals surface area contributed by atoms with Gasteiger partial charge in [-0.2, -0.15) is 8.78 Å². The van der Waals surface area contributed by atoms with E-state index in [9.17, 15) is 23.2 Å². The van der Waals surface area contributed by atoms with Crippen molar-refractivity contribution in [3.05, 3.63) is 29.7 Å². The van der Waals surface area contributed by atoms with Gasteiger partial charge in [0.1, 0.15) is 11.7 Å². The van der Waals surface area contributed by atoms with Crippen molar-refractivity contribution < 1.29 is 46.5 Å². The SMILES string of the molecule is CC(=O)OC1CCCC[C@H]1CNC(=O)c1nc(-c2ccc(OC(F)F)c(OCC3CC3)c2)oc1C(C)NC(=O)OC(C)(C)C. The monoisotopic (exact) mass is 621 g/mol. The highest BCUT2D eigenvalue weighted by atomic mass is 19.3. The first-order valence-corrected chi connectivity index (χ1v) is 15.0. The third kappa shape index (κ3) is 9.55. The van der Waals surface area contributed by atoms with Crippen molar-refractivity contribution in [2.24, 2.45) is 11.8 Å². The summed E-state index contributed by atoms with van der Waals surface area (Å²) in [7, 11) is 0. The van der Waals surface area contributed by atoms with Gasteiger partial charge in [-0.25, -0.2) is 9.78 Å². The number of benzene rings is 1. The molecule has 1 aromatic heterocycles. The molecule has 0 bridgehead atoms. The van der Waals surface area contributed by atoms with E-state index in [1.807, 2.05) is 0 Å². The molecule has 3 atom stereocenters. The number of hydrogen-bond donors (Lipinski definition) is 2. The summed E-state index contributed by atoms with van der Waals surface area (Å²) in [5.41, 5.74) is -0.477. The van der Waals surface area contributed by atoms with Crippen LogP contribution in [0.1, 0.15) is 95.4 Å². The fourth-order valence-corrected chi connectivity index (χ4v) is 4.98.